The molecule has 0 aliphatic carbocycles. The van der Waals surface area contributed by atoms with Crippen LogP contribution in [0.5, 0.6) is 0 Å². The number of rotatable bonds is 3. The van der Waals surface area contributed by atoms with Gasteiger partial charge in [0.25, 0.3) is 5.91 Å². The Hall–Kier alpha value is -2.82. The first-order valence-electron chi connectivity index (χ1n) is 7.09. The quantitative estimate of drug-likeness (QED) is 0.693. The van der Waals surface area contributed by atoms with E-state index in [9.17, 15) is 4.79 Å². The smallest absolute Gasteiger partial charge is 0.250 e. The molecule has 4 N–H and O–H groups in total. The highest BCUT2D eigenvalue weighted by Gasteiger charge is 2.12. The third-order valence-corrected chi connectivity index (χ3v) is 3.89. The van der Waals surface area contributed by atoms with Crippen LogP contribution in [0.25, 0.3) is 22.4 Å². The highest BCUT2D eigenvalue weighted by atomic mass is 16.1. The molecule has 0 aliphatic rings. The molecule has 0 unspecified atom stereocenters. The topological polar surface area (TPSA) is 87.6 Å². The SMILES string of the molecule is Cc1n[nH]c(C)c1-c1ccc(-c2cc(C(N)=O)c(C)[nH]2)cc1. The summed E-state index contributed by atoms with van der Waals surface area (Å²) in [6.45, 7) is 5.84. The van der Waals surface area contributed by atoms with Crippen LogP contribution in [0.2, 0.25) is 0 Å². The molecule has 5 heteroatoms. The minimum absolute atomic E-state index is 0.415. The molecular weight excluding hydrogens is 276 g/mol. The molecule has 0 atom stereocenters. The Morgan fingerprint density at radius 2 is 1.68 bits per heavy atom. The summed E-state index contributed by atoms with van der Waals surface area (Å²) in [4.78, 5) is 14.5. The lowest BCUT2D eigenvalue weighted by atomic mass is 10.0. The number of nitrogens with two attached hydrogens (primary N) is 1. The summed E-state index contributed by atoms with van der Waals surface area (Å²) in [5, 5.41) is 7.22. The molecule has 2 heterocycles. The molecule has 3 rings (SSSR count). The van der Waals surface area contributed by atoms with Gasteiger partial charge in [0, 0.05) is 22.6 Å². The van der Waals surface area contributed by atoms with E-state index in [4.69, 9.17) is 5.73 Å². The lowest BCUT2D eigenvalue weighted by molar-refractivity contribution is 0.1000. The maximum Gasteiger partial charge on any atom is 0.250 e. The van der Waals surface area contributed by atoms with Crippen LogP contribution < -0.4 is 5.73 Å². The number of aromatic amines is 2. The number of amides is 1. The summed E-state index contributed by atoms with van der Waals surface area (Å²) in [7, 11) is 0. The van der Waals surface area contributed by atoms with E-state index in [2.05, 4.69) is 27.3 Å². The zero-order valence-corrected chi connectivity index (χ0v) is 12.8. The second-order valence-electron chi connectivity index (χ2n) is 5.47. The number of hydrogen-bond donors (Lipinski definition) is 3. The number of aromatic nitrogens is 3. The fourth-order valence-electron chi connectivity index (χ4n) is 2.76. The molecule has 22 heavy (non-hydrogen) atoms. The van der Waals surface area contributed by atoms with Crippen LogP contribution >= 0.6 is 0 Å². The van der Waals surface area contributed by atoms with E-state index in [0.29, 0.717) is 5.56 Å². The summed E-state index contributed by atoms with van der Waals surface area (Å²) in [6, 6.07) is 9.95. The van der Waals surface area contributed by atoms with Gasteiger partial charge in [-0.25, -0.2) is 0 Å². The summed E-state index contributed by atoms with van der Waals surface area (Å²) in [5.41, 5.74) is 12.9. The predicted molar refractivity (Wildman–Crippen MR) is 86.5 cm³/mol. The van der Waals surface area contributed by atoms with Gasteiger partial charge in [-0.15, -0.1) is 0 Å². The number of hydrogen-bond acceptors (Lipinski definition) is 2. The highest BCUT2D eigenvalue weighted by Crippen LogP contribution is 2.28. The van der Waals surface area contributed by atoms with E-state index in [1.165, 1.54) is 0 Å². The van der Waals surface area contributed by atoms with Crippen molar-refractivity contribution in [2.24, 2.45) is 5.73 Å². The number of benzene rings is 1. The lowest BCUT2D eigenvalue weighted by Crippen LogP contribution is -2.10. The van der Waals surface area contributed by atoms with Crippen molar-refractivity contribution >= 4 is 5.91 Å². The van der Waals surface area contributed by atoms with Gasteiger partial charge in [0.1, 0.15) is 0 Å². The summed E-state index contributed by atoms with van der Waals surface area (Å²) < 4.78 is 0. The van der Waals surface area contributed by atoms with Crippen molar-refractivity contribution in [3.63, 3.8) is 0 Å². The van der Waals surface area contributed by atoms with Crippen molar-refractivity contribution in [2.75, 3.05) is 0 Å². The fourth-order valence-corrected chi connectivity index (χ4v) is 2.76. The molecular formula is C17H18N4O. The summed E-state index contributed by atoms with van der Waals surface area (Å²) in [5.74, 6) is -0.415. The van der Waals surface area contributed by atoms with Gasteiger partial charge in [0.2, 0.25) is 0 Å². The average Bonchev–Trinajstić information content (AvgIpc) is 3.03. The highest BCUT2D eigenvalue weighted by molar-refractivity contribution is 5.95. The van der Waals surface area contributed by atoms with Crippen LogP contribution in [-0.2, 0) is 0 Å². The van der Waals surface area contributed by atoms with Crippen molar-refractivity contribution in [1.82, 2.24) is 15.2 Å². The molecule has 0 fully saturated rings. The fraction of sp³-hybridized carbons (Fsp3) is 0.176. The number of aryl methyl sites for hydroxylation is 3. The second-order valence-corrected chi connectivity index (χ2v) is 5.47. The van der Waals surface area contributed by atoms with Gasteiger partial charge in [-0.2, -0.15) is 5.10 Å². The summed E-state index contributed by atoms with van der Waals surface area (Å²) in [6.07, 6.45) is 0. The average molecular weight is 294 g/mol. The van der Waals surface area contributed by atoms with E-state index in [1.54, 1.807) is 6.07 Å². The van der Waals surface area contributed by atoms with Crippen molar-refractivity contribution in [3.05, 3.63) is 53.0 Å². The minimum atomic E-state index is -0.415. The molecule has 5 nitrogen and oxygen atoms in total. The van der Waals surface area contributed by atoms with E-state index in [-0.39, 0.29) is 0 Å². The molecule has 0 radical (unpaired) electrons. The van der Waals surface area contributed by atoms with Crippen molar-refractivity contribution in [1.29, 1.82) is 0 Å². The Bertz CT molecular complexity index is 821. The molecule has 112 valence electrons. The van der Waals surface area contributed by atoms with E-state index in [1.807, 2.05) is 32.9 Å². The van der Waals surface area contributed by atoms with Gasteiger partial charge in [0.05, 0.1) is 11.3 Å². The number of carbonyl (C=O) groups excluding carboxylic acids is 1. The molecule has 2 aromatic heterocycles. The van der Waals surface area contributed by atoms with Crippen molar-refractivity contribution < 1.29 is 4.79 Å². The van der Waals surface area contributed by atoms with Crippen molar-refractivity contribution in [3.8, 4) is 22.4 Å². The number of carbonyl (C=O) groups is 1. The Morgan fingerprint density at radius 1 is 1.05 bits per heavy atom. The van der Waals surface area contributed by atoms with Crippen molar-refractivity contribution in [2.45, 2.75) is 20.8 Å². The Kier molecular flexibility index (Phi) is 3.33. The normalized spacial score (nSPS) is 10.9. The van der Waals surface area contributed by atoms with Crippen LogP contribution in [0.3, 0.4) is 0 Å². The van der Waals surface area contributed by atoms with E-state index in [0.717, 1.165) is 39.5 Å². The number of nitrogens with zero attached hydrogens (tertiary/aromatic N) is 1. The number of H-pyrrole nitrogens is 2. The molecule has 0 saturated carbocycles. The van der Waals surface area contributed by atoms with Gasteiger partial charge < -0.3 is 10.7 Å². The standard InChI is InChI=1S/C17H18N4O/c1-9-14(17(18)22)8-15(19-9)12-4-6-13(7-5-12)16-10(2)20-21-11(16)3/h4-8,19H,1-3H3,(H2,18,22)(H,20,21). The molecule has 1 aromatic carbocycles. The monoisotopic (exact) mass is 294 g/mol. The van der Waals surface area contributed by atoms with Gasteiger partial charge in [-0.1, -0.05) is 24.3 Å². The van der Waals surface area contributed by atoms with Gasteiger partial charge >= 0.3 is 0 Å². The van der Waals surface area contributed by atoms with Crippen LogP contribution in [0.15, 0.2) is 30.3 Å². The van der Waals surface area contributed by atoms with E-state index < -0.39 is 5.91 Å². The second kappa shape index (κ2) is 5.18. The van der Waals surface area contributed by atoms with E-state index >= 15 is 0 Å². The Balaban J connectivity index is 1.98. The maximum absolute atomic E-state index is 11.3. The third kappa shape index (κ3) is 2.30. The van der Waals surface area contributed by atoms with Gasteiger partial charge in [-0.05, 0) is 38.0 Å². The number of nitrogens with one attached hydrogen (secondary N) is 2. The van der Waals surface area contributed by atoms with Gasteiger partial charge in [0.15, 0.2) is 0 Å². The van der Waals surface area contributed by atoms with Crippen LogP contribution in [-0.4, -0.2) is 21.1 Å². The summed E-state index contributed by atoms with van der Waals surface area (Å²) >= 11 is 0. The maximum atomic E-state index is 11.3. The molecule has 0 bridgehead atoms. The lowest BCUT2D eigenvalue weighted by Gasteiger charge is -2.04. The van der Waals surface area contributed by atoms with Crippen LogP contribution in [0, 0.1) is 20.8 Å². The molecule has 0 saturated heterocycles. The Labute approximate surface area is 128 Å². The molecule has 3 aromatic rings. The largest absolute Gasteiger partial charge is 0.366 e. The third-order valence-electron chi connectivity index (χ3n) is 3.89. The molecule has 0 aliphatic heterocycles. The minimum Gasteiger partial charge on any atom is -0.366 e. The molecule has 1 amide bonds. The zero-order valence-electron chi connectivity index (χ0n) is 12.8. The zero-order chi connectivity index (χ0) is 15.9. The van der Waals surface area contributed by atoms with Crippen LogP contribution in [0.4, 0.5) is 0 Å². The first kappa shape index (κ1) is 14.1. The number of primary amides is 1. The first-order valence-corrected chi connectivity index (χ1v) is 7.09. The first-order chi connectivity index (χ1) is 10.5. The van der Waals surface area contributed by atoms with Crippen LogP contribution in [0.1, 0.15) is 27.4 Å². The predicted octanol–water partition coefficient (Wildman–Crippen LogP) is 3.10. The molecule has 0 spiro atoms. The Morgan fingerprint density at radius 3 is 2.18 bits per heavy atom. The van der Waals surface area contributed by atoms with Gasteiger partial charge in [-0.3, -0.25) is 9.89 Å².